The molecule has 2 aromatic heterocycles. The van der Waals surface area contributed by atoms with Crippen LogP contribution in [0, 0.1) is 0 Å². The molecule has 1 aromatic carbocycles. The quantitative estimate of drug-likeness (QED) is 0.689. The van der Waals surface area contributed by atoms with Crippen LogP contribution in [0.2, 0.25) is 0 Å². The number of carbonyl (C=O) groups excluding carboxylic acids is 1. The van der Waals surface area contributed by atoms with Crippen LogP contribution in [0.3, 0.4) is 0 Å². The Labute approximate surface area is 145 Å². The normalized spacial score (nSPS) is 12.1. The van der Waals surface area contributed by atoms with Crippen LogP contribution in [0.25, 0.3) is 11.3 Å². The van der Waals surface area contributed by atoms with E-state index in [1.54, 1.807) is 27.1 Å². The highest BCUT2D eigenvalue weighted by Crippen LogP contribution is 2.23. The number of aromatic nitrogens is 3. The van der Waals surface area contributed by atoms with Crippen molar-refractivity contribution in [2.45, 2.75) is 25.9 Å². The van der Waals surface area contributed by atoms with Crippen molar-refractivity contribution in [2.75, 3.05) is 7.05 Å². The van der Waals surface area contributed by atoms with Crippen molar-refractivity contribution in [3.63, 3.8) is 0 Å². The minimum Gasteiger partial charge on any atom is -0.337 e. The fourth-order valence-corrected chi connectivity index (χ4v) is 3.46. The Morgan fingerprint density at radius 2 is 2.08 bits per heavy atom. The zero-order chi connectivity index (χ0) is 16.9. The molecule has 24 heavy (non-hydrogen) atoms. The molecule has 0 spiro atoms. The maximum atomic E-state index is 12.7. The van der Waals surface area contributed by atoms with Crippen LogP contribution in [0.5, 0.6) is 0 Å². The lowest BCUT2D eigenvalue weighted by Crippen LogP contribution is -2.34. The van der Waals surface area contributed by atoms with Gasteiger partial charge in [0.15, 0.2) is 0 Å². The van der Waals surface area contributed by atoms with Gasteiger partial charge in [0.1, 0.15) is 11.0 Å². The number of carbonyl (C=O) groups is 1. The zero-order valence-corrected chi connectivity index (χ0v) is 14.6. The first-order valence-electron chi connectivity index (χ1n) is 7.93. The molecule has 0 bridgehead atoms. The molecule has 3 aromatic rings. The summed E-state index contributed by atoms with van der Waals surface area (Å²) in [5.74, 6) is 0.0534. The SMILES string of the molecule is CC[C@H](C(=O)N(C)Cc1nc(-c2ccccc2)cs1)n1cccn1. The Hall–Kier alpha value is -2.47. The largest absolute Gasteiger partial charge is 0.337 e. The van der Waals surface area contributed by atoms with Crippen LogP contribution in [0.15, 0.2) is 54.2 Å². The molecule has 6 heteroatoms. The molecule has 0 radical (unpaired) electrons. The molecule has 124 valence electrons. The van der Waals surface area contributed by atoms with Crippen LogP contribution in [0.1, 0.15) is 24.4 Å². The highest BCUT2D eigenvalue weighted by Gasteiger charge is 2.23. The summed E-state index contributed by atoms with van der Waals surface area (Å²) in [5.41, 5.74) is 2.05. The van der Waals surface area contributed by atoms with Gasteiger partial charge in [0.25, 0.3) is 0 Å². The molecule has 1 amide bonds. The fourth-order valence-electron chi connectivity index (χ4n) is 2.60. The summed E-state index contributed by atoms with van der Waals surface area (Å²) >= 11 is 1.58. The molecule has 2 heterocycles. The van der Waals surface area contributed by atoms with E-state index in [-0.39, 0.29) is 11.9 Å². The van der Waals surface area contributed by atoms with Gasteiger partial charge in [-0.2, -0.15) is 5.10 Å². The van der Waals surface area contributed by atoms with E-state index < -0.39 is 0 Å². The van der Waals surface area contributed by atoms with Gasteiger partial charge in [-0.1, -0.05) is 37.3 Å². The molecule has 0 saturated heterocycles. The molecular formula is C18H20N4OS. The van der Waals surface area contributed by atoms with E-state index in [0.717, 1.165) is 16.3 Å². The van der Waals surface area contributed by atoms with Crippen molar-refractivity contribution in [3.8, 4) is 11.3 Å². The van der Waals surface area contributed by atoms with Gasteiger partial charge in [0.05, 0.1) is 12.2 Å². The Bertz CT molecular complexity index is 782. The molecule has 0 fully saturated rings. The van der Waals surface area contributed by atoms with Crippen molar-refractivity contribution < 1.29 is 4.79 Å². The second kappa shape index (κ2) is 7.40. The highest BCUT2D eigenvalue weighted by molar-refractivity contribution is 7.09. The second-order valence-electron chi connectivity index (χ2n) is 5.60. The molecule has 0 aliphatic rings. The lowest BCUT2D eigenvalue weighted by Gasteiger charge is -2.22. The third kappa shape index (κ3) is 3.54. The predicted octanol–water partition coefficient (Wildman–Crippen LogP) is 3.62. The molecular weight excluding hydrogens is 320 g/mol. The van der Waals surface area contributed by atoms with Gasteiger partial charge < -0.3 is 4.90 Å². The van der Waals surface area contributed by atoms with E-state index in [1.165, 1.54) is 0 Å². The maximum Gasteiger partial charge on any atom is 0.247 e. The number of rotatable bonds is 6. The van der Waals surface area contributed by atoms with Gasteiger partial charge in [-0.15, -0.1) is 11.3 Å². The predicted molar refractivity (Wildman–Crippen MR) is 95.6 cm³/mol. The summed E-state index contributed by atoms with van der Waals surface area (Å²) < 4.78 is 1.72. The average molecular weight is 340 g/mol. The first-order chi connectivity index (χ1) is 11.7. The van der Waals surface area contributed by atoms with Gasteiger partial charge in [0, 0.05) is 30.4 Å². The summed E-state index contributed by atoms with van der Waals surface area (Å²) in [6.07, 6.45) is 4.23. The molecule has 0 N–H and O–H groups in total. The van der Waals surface area contributed by atoms with Crippen LogP contribution < -0.4 is 0 Å². The van der Waals surface area contributed by atoms with Gasteiger partial charge >= 0.3 is 0 Å². The number of hydrogen-bond acceptors (Lipinski definition) is 4. The van der Waals surface area contributed by atoms with E-state index in [0.29, 0.717) is 13.0 Å². The molecule has 1 atom stereocenters. The highest BCUT2D eigenvalue weighted by atomic mass is 32.1. The lowest BCUT2D eigenvalue weighted by atomic mass is 10.2. The van der Waals surface area contributed by atoms with Crippen LogP contribution in [-0.2, 0) is 11.3 Å². The minimum absolute atomic E-state index is 0.0534. The summed E-state index contributed by atoms with van der Waals surface area (Å²) in [7, 11) is 1.82. The monoisotopic (exact) mass is 340 g/mol. The molecule has 0 unspecified atom stereocenters. The lowest BCUT2D eigenvalue weighted by molar-refractivity contribution is -0.134. The van der Waals surface area contributed by atoms with Crippen molar-refractivity contribution >= 4 is 17.2 Å². The van der Waals surface area contributed by atoms with E-state index in [1.807, 2.05) is 61.9 Å². The third-order valence-electron chi connectivity index (χ3n) is 3.89. The zero-order valence-electron chi connectivity index (χ0n) is 13.8. The Kier molecular flexibility index (Phi) is 5.05. The molecule has 0 aliphatic heterocycles. The number of nitrogens with zero attached hydrogens (tertiary/aromatic N) is 4. The van der Waals surface area contributed by atoms with E-state index in [9.17, 15) is 4.79 Å². The maximum absolute atomic E-state index is 12.7. The van der Waals surface area contributed by atoms with Crippen LogP contribution in [0.4, 0.5) is 0 Å². The topological polar surface area (TPSA) is 51.0 Å². The standard InChI is InChI=1S/C18H20N4OS/c1-3-16(22-11-7-10-19-22)18(23)21(2)12-17-20-15(13-24-17)14-8-5-4-6-9-14/h4-11,13,16H,3,12H2,1-2H3/t16-/m1/s1. The van der Waals surface area contributed by atoms with Crippen LogP contribution in [-0.4, -0.2) is 32.6 Å². The summed E-state index contributed by atoms with van der Waals surface area (Å²) in [5, 5.41) is 7.16. The Morgan fingerprint density at radius 3 is 2.75 bits per heavy atom. The van der Waals surface area contributed by atoms with Crippen molar-refractivity contribution in [3.05, 3.63) is 59.2 Å². The third-order valence-corrected chi connectivity index (χ3v) is 4.72. The van der Waals surface area contributed by atoms with Gasteiger partial charge in [-0.3, -0.25) is 9.48 Å². The molecule has 5 nitrogen and oxygen atoms in total. The first kappa shape index (κ1) is 16.4. The van der Waals surface area contributed by atoms with E-state index in [2.05, 4.69) is 10.1 Å². The molecule has 0 saturated carbocycles. The first-order valence-corrected chi connectivity index (χ1v) is 8.81. The summed E-state index contributed by atoms with van der Waals surface area (Å²) in [6.45, 7) is 2.50. The van der Waals surface area contributed by atoms with Gasteiger partial charge in [-0.25, -0.2) is 4.98 Å². The van der Waals surface area contributed by atoms with Gasteiger partial charge in [-0.05, 0) is 12.5 Å². The van der Waals surface area contributed by atoms with Gasteiger partial charge in [0.2, 0.25) is 5.91 Å². The number of hydrogen-bond donors (Lipinski definition) is 0. The second-order valence-corrected chi connectivity index (χ2v) is 6.54. The fraction of sp³-hybridized carbons (Fsp3) is 0.278. The average Bonchev–Trinajstić information content (AvgIpc) is 3.28. The van der Waals surface area contributed by atoms with Crippen molar-refractivity contribution in [2.24, 2.45) is 0 Å². The number of likely N-dealkylation sites (N-methyl/N-ethyl adjacent to an activating group) is 1. The number of thiazole rings is 1. The number of benzene rings is 1. The van der Waals surface area contributed by atoms with E-state index in [4.69, 9.17) is 0 Å². The summed E-state index contributed by atoms with van der Waals surface area (Å²) in [4.78, 5) is 19.1. The number of amides is 1. The van der Waals surface area contributed by atoms with Crippen molar-refractivity contribution in [1.29, 1.82) is 0 Å². The molecule has 3 rings (SSSR count). The molecule has 0 aliphatic carbocycles. The smallest absolute Gasteiger partial charge is 0.247 e. The summed E-state index contributed by atoms with van der Waals surface area (Å²) in [6, 6.07) is 11.6. The van der Waals surface area contributed by atoms with Crippen LogP contribution >= 0.6 is 11.3 Å². The van der Waals surface area contributed by atoms with E-state index >= 15 is 0 Å². The Balaban J connectivity index is 1.69. The minimum atomic E-state index is -0.265. The Morgan fingerprint density at radius 1 is 1.29 bits per heavy atom. The van der Waals surface area contributed by atoms with Crippen molar-refractivity contribution in [1.82, 2.24) is 19.7 Å².